The Labute approximate surface area is 280 Å². The summed E-state index contributed by atoms with van der Waals surface area (Å²) in [6.07, 6.45) is 5.14. The zero-order valence-electron chi connectivity index (χ0n) is 28.3. The number of aliphatic hydroxyl groups is 2. The highest BCUT2D eigenvalue weighted by Crippen LogP contribution is 2.57. The number of carbonyl (C=O) groups is 3. The number of hydrogen-bond donors (Lipinski definition) is 4. The summed E-state index contributed by atoms with van der Waals surface area (Å²) in [6.45, 7) is 5.34. The molecule has 1 saturated carbocycles. The average Bonchev–Trinajstić information content (AvgIpc) is 3.75. The number of Topliss-reactive ketones (excluding diaryl/α,β-unsaturated/α-hetero) is 2. The number of methoxy groups -OCH3 is 1. The first-order valence-electron chi connectivity index (χ1n) is 17.0. The van der Waals surface area contributed by atoms with Crippen molar-refractivity contribution in [2.75, 3.05) is 46.3 Å². The van der Waals surface area contributed by atoms with Crippen LogP contribution in [-0.4, -0.2) is 90.3 Å². The van der Waals surface area contributed by atoms with E-state index in [1.165, 1.54) is 7.11 Å². The maximum atomic E-state index is 14.6. The SMILES string of the molecule is CCCCOc1noc2c1C(=O)[C@@]1(O)C(=O)C3=C(O)c4c(c(OC)cc(NC(=O)[C@@H]5CCCN5)c4OCCCC)C[C@H]3C[C@H]1[C@@H]2N(C)C. The molecule has 260 valence electrons. The van der Waals surface area contributed by atoms with Crippen molar-refractivity contribution in [2.24, 2.45) is 11.8 Å². The molecule has 1 amide bonds. The molecule has 2 fully saturated rings. The Kier molecular flexibility index (Phi) is 9.56. The van der Waals surface area contributed by atoms with Gasteiger partial charge in [0.2, 0.25) is 17.5 Å². The fourth-order valence-electron chi connectivity index (χ4n) is 7.73. The molecule has 0 bridgehead atoms. The molecule has 1 saturated heterocycles. The van der Waals surface area contributed by atoms with Gasteiger partial charge in [-0.15, -0.1) is 0 Å². The molecule has 0 unspecified atom stereocenters. The zero-order valence-corrected chi connectivity index (χ0v) is 28.3. The molecule has 1 aliphatic heterocycles. The van der Waals surface area contributed by atoms with Gasteiger partial charge in [-0.3, -0.25) is 19.3 Å². The average molecular weight is 667 g/mol. The molecule has 2 aromatic rings. The number of amides is 1. The second-order valence-corrected chi connectivity index (χ2v) is 13.4. The molecule has 3 aliphatic carbocycles. The van der Waals surface area contributed by atoms with E-state index in [9.17, 15) is 24.6 Å². The van der Waals surface area contributed by atoms with Crippen molar-refractivity contribution >= 4 is 28.9 Å². The Morgan fingerprint density at radius 2 is 1.88 bits per heavy atom. The number of nitrogens with one attached hydrogen (secondary N) is 2. The molecule has 4 N–H and O–H groups in total. The molecular formula is C35H46N4O9. The van der Waals surface area contributed by atoms with Crippen LogP contribution in [0.25, 0.3) is 5.76 Å². The third-order valence-corrected chi connectivity index (χ3v) is 10.2. The van der Waals surface area contributed by atoms with Gasteiger partial charge in [0.15, 0.2) is 17.1 Å². The number of unbranched alkanes of at least 4 members (excludes halogenated alkanes) is 2. The molecule has 2 heterocycles. The summed E-state index contributed by atoms with van der Waals surface area (Å²) >= 11 is 0. The highest BCUT2D eigenvalue weighted by atomic mass is 16.5. The Balaban J connectivity index is 1.48. The minimum atomic E-state index is -2.51. The van der Waals surface area contributed by atoms with Gasteiger partial charge in [0.05, 0.1) is 43.7 Å². The van der Waals surface area contributed by atoms with Crippen molar-refractivity contribution in [3.63, 3.8) is 0 Å². The van der Waals surface area contributed by atoms with Gasteiger partial charge in [0, 0.05) is 23.1 Å². The molecule has 1 aromatic heterocycles. The van der Waals surface area contributed by atoms with Crippen LogP contribution < -0.4 is 24.8 Å². The van der Waals surface area contributed by atoms with E-state index in [1.807, 2.05) is 13.8 Å². The molecule has 48 heavy (non-hydrogen) atoms. The molecule has 0 spiro atoms. The number of rotatable bonds is 12. The van der Waals surface area contributed by atoms with Gasteiger partial charge in [-0.2, -0.15) is 0 Å². The minimum absolute atomic E-state index is 0.0520. The monoisotopic (exact) mass is 666 g/mol. The van der Waals surface area contributed by atoms with Crippen LogP contribution in [0.2, 0.25) is 0 Å². The summed E-state index contributed by atoms with van der Waals surface area (Å²) in [5, 5.41) is 34.6. The quantitative estimate of drug-likeness (QED) is 0.190. The number of aromatic nitrogens is 1. The smallest absolute Gasteiger partial charge is 0.265 e. The molecule has 0 radical (unpaired) electrons. The van der Waals surface area contributed by atoms with Crippen molar-refractivity contribution in [1.82, 2.24) is 15.4 Å². The Hall–Kier alpha value is -3.94. The van der Waals surface area contributed by atoms with Crippen LogP contribution in [0.15, 0.2) is 16.2 Å². The van der Waals surface area contributed by atoms with Crippen LogP contribution in [0.3, 0.4) is 0 Å². The third-order valence-electron chi connectivity index (χ3n) is 10.2. The van der Waals surface area contributed by atoms with Crippen LogP contribution in [0, 0.1) is 11.8 Å². The van der Waals surface area contributed by atoms with E-state index in [1.54, 1.807) is 25.1 Å². The lowest BCUT2D eigenvalue weighted by Gasteiger charge is -2.49. The lowest BCUT2D eigenvalue weighted by Crippen LogP contribution is -2.63. The van der Waals surface area contributed by atoms with Crippen molar-refractivity contribution in [2.45, 2.75) is 82.9 Å². The van der Waals surface area contributed by atoms with Gasteiger partial charge in [0.25, 0.3) is 5.88 Å². The van der Waals surface area contributed by atoms with E-state index in [-0.39, 0.29) is 65.5 Å². The number of fused-ring (bicyclic) bond motifs is 4. The first-order valence-corrected chi connectivity index (χ1v) is 17.0. The topological polar surface area (TPSA) is 173 Å². The number of ketones is 2. The van der Waals surface area contributed by atoms with E-state index >= 15 is 0 Å². The van der Waals surface area contributed by atoms with Gasteiger partial charge in [0.1, 0.15) is 17.1 Å². The molecule has 1 aromatic carbocycles. The Morgan fingerprint density at radius 3 is 2.52 bits per heavy atom. The third kappa shape index (κ3) is 5.45. The molecule has 4 aliphatic rings. The maximum Gasteiger partial charge on any atom is 0.265 e. The standard InChI is InChI=1S/C35H46N4O9/c1-6-8-13-46-29-22(37-33(43)21-11-10-12-36-21)17-23(45-5)19-15-18-16-20-27(39(3)4)30-26(34(38-48-30)47-14-9-7-2)32(42)35(20,44)31(41)24(18)28(40)25(19)29/h17-18,20-21,27,36,40,44H,6-16H2,1-5H3,(H,37,43)/t18-,20-,21-,27-,35-/m0/s1. The molecule has 5 atom stereocenters. The summed E-state index contributed by atoms with van der Waals surface area (Å²) in [5.74, 6) is -3.02. The number of aliphatic hydroxyl groups excluding tert-OH is 1. The van der Waals surface area contributed by atoms with Crippen LogP contribution in [0.4, 0.5) is 5.69 Å². The van der Waals surface area contributed by atoms with Crippen LogP contribution in [0.5, 0.6) is 17.4 Å². The minimum Gasteiger partial charge on any atom is -0.507 e. The second-order valence-electron chi connectivity index (χ2n) is 13.4. The Morgan fingerprint density at radius 1 is 1.15 bits per heavy atom. The lowest BCUT2D eigenvalue weighted by molar-refractivity contribution is -0.142. The predicted octanol–water partition coefficient (Wildman–Crippen LogP) is 3.99. The first-order chi connectivity index (χ1) is 23.1. The maximum absolute atomic E-state index is 14.6. The number of nitrogens with zero attached hydrogens (tertiary/aromatic N) is 2. The number of benzene rings is 1. The second kappa shape index (κ2) is 13.5. The normalized spacial score (nSPS) is 26.1. The highest BCUT2D eigenvalue weighted by molar-refractivity contribution is 6.26. The van der Waals surface area contributed by atoms with E-state index in [2.05, 4.69) is 15.8 Å². The molecule has 13 nitrogen and oxygen atoms in total. The number of ether oxygens (including phenoxy) is 3. The number of anilines is 1. The van der Waals surface area contributed by atoms with E-state index in [0.29, 0.717) is 42.9 Å². The molecule has 6 rings (SSSR count). The fourth-order valence-corrected chi connectivity index (χ4v) is 7.73. The largest absolute Gasteiger partial charge is 0.507 e. The predicted molar refractivity (Wildman–Crippen MR) is 176 cm³/mol. The summed E-state index contributed by atoms with van der Waals surface area (Å²) in [7, 11) is 5.08. The van der Waals surface area contributed by atoms with E-state index in [4.69, 9.17) is 18.7 Å². The fraction of sp³-hybridized carbons (Fsp3) is 0.600. The summed E-state index contributed by atoms with van der Waals surface area (Å²) < 4.78 is 23.5. The summed E-state index contributed by atoms with van der Waals surface area (Å²) in [6, 6.07) is 0.641. The summed E-state index contributed by atoms with van der Waals surface area (Å²) in [4.78, 5) is 43.9. The zero-order chi connectivity index (χ0) is 34.3. The van der Waals surface area contributed by atoms with Gasteiger partial charge in [-0.1, -0.05) is 26.7 Å². The van der Waals surface area contributed by atoms with Gasteiger partial charge in [-0.05, 0) is 70.2 Å². The van der Waals surface area contributed by atoms with Crippen LogP contribution in [-0.2, 0) is 16.0 Å². The lowest BCUT2D eigenvalue weighted by atomic mass is 9.57. The molecular weight excluding hydrogens is 620 g/mol. The highest BCUT2D eigenvalue weighted by Gasteiger charge is 2.65. The van der Waals surface area contributed by atoms with Crippen LogP contribution in [0.1, 0.15) is 92.1 Å². The van der Waals surface area contributed by atoms with E-state index < -0.39 is 40.8 Å². The van der Waals surface area contributed by atoms with Gasteiger partial charge >= 0.3 is 0 Å². The number of hydrogen-bond acceptors (Lipinski definition) is 12. The Bertz CT molecular complexity index is 1630. The van der Waals surface area contributed by atoms with Crippen molar-refractivity contribution in [3.05, 3.63) is 34.1 Å². The van der Waals surface area contributed by atoms with E-state index in [0.717, 1.165) is 25.8 Å². The van der Waals surface area contributed by atoms with Crippen molar-refractivity contribution in [3.8, 4) is 17.4 Å². The molecule has 13 heteroatoms. The van der Waals surface area contributed by atoms with Crippen LogP contribution >= 0.6 is 0 Å². The van der Waals surface area contributed by atoms with Crippen molar-refractivity contribution < 1.29 is 43.3 Å². The van der Waals surface area contributed by atoms with Gasteiger partial charge in [-0.25, -0.2) is 0 Å². The van der Waals surface area contributed by atoms with Crippen molar-refractivity contribution in [1.29, 1.82) is 0 Å². The number of carbonyl (C=O) groups excluding carboxylic acids is 3. The van der Waals surface area contributed by atoms with Gasteiger partial charge < -0.3 is 39.6 Å². The first kappa shape index (κ1) is 33.9. The summed E-state index contributed by atoms with van der Waals surface area (Å²) in [5.41, 5.74) is -1.49.